The maximum atomic E-state index is 12.2. The van der Waals surface area contributed by atoms with Gasteiger partial charge in [0.2, 0.25) is 0 Å². The molecule has 5 nitrogen and oxygen atoms in total. The molecule has 144 valence electrons. The fourth-order valence-electron chi connectivity index (χ4n) is 2.58. The van der Waals surface area contributed by atoms with Gasteiger partial charge in [-0.25, -0.2) is 0 Å². The Kier molecular flexibility index (Phi) is 7.73. The van der Waals surface area contributed by atoms with Crippen molar-refractivity contribution in [3.63, 3.8) is 0 Å². The molecule has 0 aliphatic carbocycles. The first kappa shape index (κ1) is 20.8. The Morgan fingerprint density at radius 1 is 0.963 bits per heavy atom. The van der Waals surface area contributed by atoms with Crippen molar-refractivity contribution in [2.45, 2.75) is 37.7 Å². The summed E-state index contributed by atoms with van der Waals surface area (Å²) in [5.74, 6) is 0.581. The topological polar surface area (TPSA) is 67.4 Å². The SMILES string of the molecule is CC(Oc1ccccc1C(C)C)C(=O)NCCNC(=O)c1ccccc1S. The molecule has 0 aliphatic heterocycles. The third kappa shape index (κ3) is 6.03. The summed E-state index contributed by atoms with van der Waals surface area (Å²) in [6, 6.07) is 14.8. The number of thiol groups is 1. The number of hydrogen-bond donors (Lipinski definition) is 3. The predicted octanol–water partition coefficient (Wildman–Crippen LogP) is 3.41. The van der Waals surface area contributed by atoms with Crippen molar-refractivity contribution in [3.8, 4) is 5.75 Å². The lowest BCUT2D eigenvalue weighted by atomic mass is 10.0. The van der Waals surface area contributed by atoms with Crippen LogP contribution in [0.25, 0.3) is 0 Å². The van der Waals surface area contributed by atoms with Crippen LogP contribution in [0, 0.1) is 0 Å². The molecule has 0 spiro atoms. The number of ether oxygens (including phenoxy) is 1. The van der Waals surface area contributed by atoms with E-state index in [1.807, 2.05) is 30.3 Å². The van der Waals surface area contributed by atoms with Gasteiger partial charge in [-0.1, -0.05) is 44.2 Å². The lowest BCUT2D eigenvalue weighted by Crippen LogP contribution is -2.40. The van der Waals surface area contributed by atoms with Crippen LogP contribution < -0.4 is 15.4 Å². The number of amides is 2. The Hall–Kier alpha value is -2.47. The summed E-state index contributed by atoms with van der Waals surface area (Å²) in [7, 11) is 0. The third-order valence-corrected chi connectivity index (χ3v) is 4.46. The lowest BCUT2D eigenvalue weighted by molar-refractivity contribution is -0.127. The molecular formula is C21H26N2O3S. The van der Waals surface area contributed by atoms with Crippen molar-refractivity contribution in [2.24, 2.45) is 0 Å². The molecule has 0 radical (unpaired) electrons. The number of carbonyl (C=O) groups excluding carboxylic acids is 2. The van der Waals surface area contributed by atoms with Crippen LogP contribution in [0.1, 0.15) is 42.6 Å². The van der Waals surface area contributed by atoms with Crippen molar-refractivity contribution in [2.75, 3.05) is 13.1 Å². The number of hydrogen-bond acceptors (Lipinski definition) is 4. The summed E-state index contributed by atoms with van der Waals surface area (Å²) in [6.07, 6.45) is -0.626. The first-order valence-electron chi connectivity index (χ1n) is 8.99. The largest absolute Gasteiger partial charge is 0.481 e. The second-order valence-electron chi connectivity index (χ2n) is 6.52. The highest BCUT2D eigenvalue weighted by molar-refractivity contribution is 7.80. The van der Waals surface area contributed by atoms with Gasteiger partial charge in [0.1, 0.15) is 5.75 Å². The van der Waals surface area contributed by atoms with Gasteiger partial charge in [-0.15, -0.1) is 12.6 Å². The van der Waals surface area contributed by atoms with Crippen molar-refractivity contribution < 1.29 is 14.3 Å². The van der Waals surface area contributed by atoms with Crippen molar-refractivity contribution in [3.05, 3.63) is 59.7 Å². The molecule has 0 heterocycles. The Morgan fingerprint density at radius 2 is 1.59 bits per heavy atom. The smallest absolute Gasteiger partial charge is 0.260 e. The molecule has 0 saturated carbocycles. The highest BCUT2D eigenvalue weighted by atomic mass is 32.1. The first-order chi connectivity index (χ1) is 12.9. The van der Waals surface area contributed by atoms with Crippen LogP contribution in [0.4, 0.5) is 0 Å². The van der Waals surface area contributed by atoms with Gasteiger partial charge in [0.25, 0.3) is 11.8 Å². The van der Waals surface area contributed by atoms with E-state index in [1.54, 1.807) is 25.1 Å². The van der Waals surface area contributed by atoms with Crippen LogP contribution in [-0.2, 0) is 4.79 Å². The van der Waals surface area contributed by atoms with Gasteiger partial charge in [-0.2, -0.15) is 0 Å². The van der Waals surface area contributed by atoms with Crippen LogP contribution >= 0.6 is 12.6 Å². The van der Waals surface area contributed by atoms with E-state index in [9.17, 15) is 9.59 Å². The van der Waals surface area contributed by atoms with E-state index in [-0.39, 0.29) is 11.8 Å². The molecule has 2 rings (SSSR count). The van der Waals surface area contributed by atoms with Gasteiger partial charge in [-0.05, 0) is 36.6 Å². The number of carbonyl (C=O) groups is 2. The lowest BCUT2D eigenvalue weighted by Gasteiger charge is -2.18. The maximum absolute atomic E-state index is 12.2. The monoisotopic (exact) mass is 386 g/mol. The number of nitrogens with one attached hydrogen (secondary N) is 2. The summed E-state index contributed by atoms with van der Waals surface area (Å²) in [5.41, 5.74) is 1.57. The van der Waals surface area contributed by atoms with E-state index in [1.165, 1.54) is 0 Å². The van der Waals surface area contributed by atoms with Gasteiger partial charge >= 0.3 is 0 Å². The average Bonchev–Trinajstić information content (AvgIpc) is 2.65. The van der Waals surface area contributed by atoms with Crippen LogP contribution in [0.3, 0.4) is 0 Å². The quantitative estimate of drug-likeness (QED) is 0.481. The highest BCUT2D eigenvalue weighted by Crippen LogP contribution is 2.26. The fourth-order valence-corrected chi connectivity index (χ4v) is 2.84. The van der Waals surface area contributed by atoms with E-state index in [4.69, 9.17) is 4.74 Å². The van der Waals surface area contributed by atoms with Gasteiger partial charge in [0, 0.05) is 18.0 Å². The van der Waals surface area contributed by atoms with E-state index in [2.05, 4.69) is 37.1 Å². The molecule has 0 aliphatic rings. The van der Waals surface area contributed by atoms with Gasteiger partial charge < -0.3 is 15.4 Å². The van der Waals surface area contributed by atoms with Crippen LogP contribution in [-0.4, -0.2) is 31.0 Å². The zero-order valence-electron chi connectivity index (χ0n) is 15.9. The molecule has 1 unspecified atom stereocenters. The van der Waals surface area contributed by atoms with Crippen molar-refractivity contribution in [1.82, 2.24) is 10.6 Å². The molecule has 2 aromatic rings. The molecule has 0 fully saturated rings. The van der Waals surface area contributed by atoms with E-state index >= 15 is 0 Å². The van der Waals surface area contributed by atoms with E-state index in [0.29, 0.717) is 35.2 Å². The Balaban J connectivity index is 1.79. The highest BCUT2D eigenvalue weighted by Gasteiger charge is 2.17. The number of rotatable bonds is 8. The minimum Gasteiger partial charge on any atom is -0.481 e. The molecule has 2 amide bonds. The third-order valence-electron chi connectivity index (χ3n) is 4.07. The number of para-hydroxylation sites is 1. The van der Waals surface area contributed by atoms with Crippen molar-refractivity contribution in [1.29, 1.82) is 0 Å². The standard InChI is InChI=1S/C21H26N2O3S/c1-14(2)16-8-4-6-10-18(16)26-15(3)20(24)22-12-13-23-21(25)17-9-5-7-11-19(17)27/h4-11,14-15,27H,12-13H2,1-3H3,(H,22,24)(H,23,25). The summed E-state index contributed by atoms with van der Waals surface area (Å²) in [4.78, 5) is 24.9. The minimum absolute atomic E-state index is 0.218. The molecule has 1 atom stereocenters. The molecular weight excluding hydrogens is 360 g/mol. The van der Waals surface area contributed by atoms with Gasteiger partial charge in [0.15, 0.2) is 6.10 Å². The van der Waals surface area contributed by atoms with Crippen LogP contribution in [0.15, 0.2) is 53.4 Å². The van der Waals surface area contributed by atoms with Gasteiger partial charge in [-0.3, -0.25) is 9.59 Å². The molecule has 0 saturated heterocycles. The molecule has 2 aromatic carbocycles. The average molecular weight is 387 g/mol. The summed E-state index contributed by atoms with van der Waals surface area (Å²) in [5, 5.41) is 5.54. The fraction of sp³-hybridized carbons (Fsp3) is 0.333. The van der Waals surface area contributed by atoms with Gasteiger partial charge in [0.05, 0.1) is 5.56 Å². The van der Waals surface area contributed by atoms with E-state index in [0.717, 1.165) is 5.56 Å². The Labute approximate surface area is 165 Å². The van der Waals surface area contributed by atoms with Crippen molar-refractivity contribution >= 4 is 24.4 Å². The van der Waals surface area contributed by atoms with Crippen LogP contribution in [0.5, 0.6) is 5.75 Å². The minimum atomic E-state index is -0.626. The second kappa shape index (κ2) is 10.0. The predicted molar refractivity (Wildman–Crippen MR) is 110 cm³/mol. The number of benzene rings is 2. The maximum Gasteiger partial charge on any atom is 0.260 e. The zero-order chi connectivity index (χ0) is 19.8. The molecule has 2 N–H and O–H groups in total. The normalized spacial score (nSPS) is 11.7. The molecule has 0 bridgehead atoms. The van der Waals surface area contributed by atoms with E-state index < -0.39 is 6.10 Å². The van der Waals surface area contributed by atoms with Crippen LogP contribution in [0.2, 0.25) is 0 Å². The summed E-state index contributed by atoms with van der Waals surface area (Å²) in [6.45, 7) is 6.51. The molecule has 0 aromatic heterocycles. The second-order valence-corrected chi connectivity index (χ2v) is 7.00. The first-order valence-corrected chi connectivity index (χ1v) is 9.44. The molecule has 6 heteroatoms. The molecule has 27 heavy (non-hydrogen) atoms. The zero-order valence-corrected chi connectivity index (χ0v) is 16.8. The Morgan fingerprint density at radius 3 is 2.30 bits per heavy atom. The summed E-state index contributed by atoms with van der Waals surface area (Å²) < 4.78 is 5.82. The Bertz CT molecular complexity index is 793. The summed E-state index contributed by atoms with van der Waals surface area (Å²) >= 11 is 4.26.